The summed E-state index contributed by atoms with van der Waals surface area (Å²) in [6, 6.07) is 51.7. The lowest BCUT2D eigenvalue weighted by molar-refractivity contribution is 0.661. The molecule has 0 saturated carbocycles. The van der Waals surface area contributed by atoms with Crippen LogP contribution in [0, 0.1) is 0 Å². The van der Waals surface area contributed by atoms with Crippen molar-refractivity contribution in [1.82, 2.24) is 14.5 Å². The summed E-state index contributed by atoms with van der Waals surface area (Å²) in [7, 11) is 0. The molecular weight excluding hydrogens is 662 g/mol. The van der Waals surface area contributed by atoms with Crippen LogP contribution in [0.5, 0.6) is 0 Å². The molecule has 0 radical (unpaired) electrons. The van der Waals surface area contributed by atoms with Crippen molar-refractivity contribution in [3.05, 3.63) is 161 Å². The van der Waals surface area contributed by atoms with Crippen molar-refractivity contribution in [3.8, 4) is 50.7 Å². The third kappa shape index (κ3) is 5.19. The van der Waals surface area contributed by atoms with Gasteiger partial charge in [0.15, 0.2) is 5.82 Å². The van der Waals surface area contributed by atoms with Crippen molar-refractivity contribution < 1.29 is 0 Å². The van der Waals surface area contributed by atoms with E-state index in [2.05, 4.69) is 168 Å². The van der Waals surface area contributed by atoms with Crippen LogP contribution in [0.1, 0.15) is 38.8 Å². The number of hydrogen-bond acceptors (Lipinski definition) is 2. The molecule has 0 aliphatic heterocycles. The van der Waals surface area contributed by atoms with Gasteiger partial charge in [-0.15, -0.1) is 0 Å². The first-order valence-electron chi connectivity index (χ1n) is 16.9. The van der Waals surface area contributed by atoms with Crippen LogP contribution in [0.2, 0.25) is 0 Å². The Hall–Kier alpha value is -5.32. The van der Waals surface area contributed by atoms with E-state index in [9.17, 15) is 0 Å². The quantitative estimate of drug-likeness (QED) is 0.183. The minimum Gasteiger partial charge on any atom is -0.309 e. The number of fused-ring (bicyclic) bond motifs is 6. The van der Waals surface area contributed by atoms with E-state index in [4.69, 9.17) is 9.97 Å². The molecule has 2 heterocycles. The number of benzene rings is 6. The van der Waals surface area contributed by atoms with Crippen LogP contribution in [-0.2, 0) is 5.41 Å². The Morgan fingerprint density at radius 1 is 0.510 bits per heavy atom. The summed E-state index contributed by atoms with van der Waals surface area (Å²) < 4.78 is 3.47. The van der Waals surface area contributed by atoms with Gasteiger partial charge >= 0.3 is 0 Å². The lowest BCUT2D eigenvalue weighted by Gasteiger charge is -2.21. The molecule has 0 N–H and O–H groups in total. The largest absolute Gasteiger partial charge is 0.309 e. The van der Waals surface area contributed by atoms with Crippen molar-refractivity contribution in [2.24, 2.45) is 0 Å². The van der Waals surface area contributed by atoms with Crippen LogP contribution >= 0.6 is 15.9 Å². The molecule has 4 heteroatoms. The third-order valence-corrected chi connectivity index (χ3v) is 10.2. The summed E-state index contributed by atoms with van der Waals surface area (Å²) >= 11 is 3.76. The minimum atomic E-state index is -0.0939. The second-order valence-corrected chi connectivity index (χ2v) is 13.7. The molecule has 6 aromatic carbocycles. The van der Waals surface area contributed by atoms with Crippen molar-refractivity contribution in [3.63, 3.8) is 0 Å². The Labute approximate surface area is 296 Å². The topological polar surface area (TPSA) is 30.7 Å². The molecule has 0 atom stereocenters. The van der Waals surface area contributed by atoms with Gasteiger partial charge in [0.05, 0.1) is 22.4 Å². The van der Waals surface area contributed by atoms with Gasteiger partial charge in [-0.2, -0.15) is 0 Å². The zero-order valence-corrected chi connectivity index (χ0v) is 29.7. The van der Waals surface area contributed by atoms with Gasteiger partial charge in [-0.05, 0) is 70.8 Å². The standard InChI is InChI=1S/C43H30BrN3.C2H6/c1-43(2)36-19-10-9-18-32(36)33-24-35-34-23-30(44)20-21-40(34)47(41(35)25-37(33)43)31-17-11-16-29(22-31)42-45-38(27-12-5-3-6-13-27)26-39(46-42)28-14-7-4-8-15-28;1-2/h3-26H,1-2H3;1-2H3. The molecule has 1 aliphatic rings. The first-order chi connectivity index (χ1) is 24.0. The average Bonchev–Trinajstić information content (AvgIpc) is 3.59. The molecule has 9 rings (SSSR count). The Morgan fingerprint density at radius 2 is 1.12 bits per heavy atom. The van der Waals surface area contributed by atoms with Crippen molar-refractivity contribution in [1.29, 1.82) is 0 Å². The lowest BCUT2D eigenvalue weighted by Crippen LogP contribution is -2.14. The van der Waals surface area contributed by atoms with Gasteiger partial charge in [0.25, 0.3) is 0 Å². The highest BCUT2D eigenvalue weighted by Gasteiger charge is 2.36. The van der Waals surface area contributed by atoms with Crippen LogP contribution in [0.4, 0.5) is 0 Å². The number of hydrogen-bond donors (Lipinski definition) is 0. The van der Waals surface area contributed by atoms with Crippen LogP contribution < -0.4 is 0 Å². The van der Waals surface area contributed by atoms with Gasteiger partial charge in [-0.1, -0.05) is 141 Å². The Morgan fingerprint density at radius 3 is 1.82 bits per heavy atom. The van der Waals surface area contributed by atoms with Crippen LogP contribution in [0.25, 0.3) is 72.5 Å². The molecule has 0 bridgehead atoms. The molecule has 0 amide bonds. The van der Waals surface area contributed by atoms with E-state index < -0.39 is 0 Å². The summed E-state index contributed by atoms with van der Waals surface area (Å²) in [5.41, 5.74) is 13.6. The Balaban J connectivity index is 0.00000171. The van der Waals surface area contributed by atoms with E-state index >= 15 is 0 Å². The normalized spacial score (nSPS) is 12.8. The fourth-order valence-corrected chi connectivity index (χ4v) is 7.70. The smallest absolute Gasteiger partial charge is 0.160 e. The van der Waals surface area contributed by atoms with Crippen LogP contribution in [0.3, 0.4) is 0 Å². The highest BCUT2D eigenvalue weighted by atomic mass is 79.9. The first kappa shape index (κ1) is 31.0. The van der Waals surface area contributed by atoms with Gasteiger partial charge < -0.3 is 4.57 Å². The Kier molecular flexibility index (Phi) is 7.77. The molecular formula is C45H36BrN3. The van der Waals surface area contributed by atoms with Crippen molar-refractivity contribution >= 4 is 37.7 Å². The molecule has 8 aromatic rings. The number of rotatable bonds is 4. The highest BCUT2D eigenvalue weighted by molar-refractivity contribution is 9.10. The van der Waals surface area contributed by atoms with Gasteiger partial charge in [-0.25, -0.2) is 9.97 Å². The summed E-state index contributed by atoms with van der Waals surface area (Å²) in [6.45, 7) is 8.68. The maximum atomic E-state index is 5.12. The Bertz CT molecular complexity index is 2440. The highest BCUT2D eigenvalue weighted by Crippen LogP contribution is 2.51. The first-order valence-corrected chi connectivity index (χ1v) is 17.7. The molecule has 2 aromatic heterocycles. The molecule has 49 heavy (non-hydrogen) atoms. The molecule has 3 nitrogen and oxygen atoms in total. The van der Waals surface area contributed by atoms with E-state index in [0.29, 0.717) is 5.82 Å². The summed E-state index contributed by atoms with van der Waals surface area (Å²) in [5, 5.41) is 2.46. The molecule has 0 spiro atoms. The molecule has 238 valence electrons. The predicted octanol–water partition coefficient (Wildman–Crippen LogP) is 12.7. The maximum absolute atomic E-state index is 5.12. The van der Waals surface area contributed by atoms with E-state index in [1.54, 1.807) is 0 Å². The van der Waals surface area contributed by atoms with E-state index in [-0.39, 0.29) is 5.41 Å². The van der Waals surface area contributed by atoms with Crippen molar-refractivity contribution in [2.75, 3.05) is 0 Å². The summed E-state index contributed by atoms with van der Waals surface area (Å²) in [6.07, 6.45) is 0. The second-order valence-electron chi connectivity index (χ2n) is 12.8. The van der Waals surface area contributed by atoms with Gasteiger partial charge in [-0.3, -0.25) is 0 Å². The fraction of sp³-hybridized carbons (Fsp3) is 0.111. The van der Waals surface area contributed by atoms with E-state index in [0.717, 1.165) is 38.2 Å². The average molecular weight is 699 g/mol. The lowest BCUT2D eigenvalue weighted by atomic mass is 9.82. The van der Waals surface area contributed by atoms with Crippen LogP contribution in [-0.4, -0.2) is 14.5 Å². The number of aromatic nitrogens is 3. The second kappa shape index (κ2) is 12.3. The SMILES string of the molecule is CC.CC1(C)c2ccccc2-c2cc3c4cc(Br)ccc4n(-c4cccc(-c5nc(-c6ccccc6)cc(-c6ccccc6)n5)c4)c3cc21. The summed E-state index contributed by atoms with van der Waals surface area (Å²) in [5.74, 6) is 0.702. The van der Waals surface area contributed by atoms with Gasteiger partial charge in [0.1, 0.15) is 0 Å². The van der Waals surface area contributed by atoms with E-state index in [1.807, 2.05) is 26.0 Å². The number of halogens is 1. The molecule has 0 fully saturated rings. The van der Waals surface area contributed by atoms with Gasteiger partial charge in [0, 0.05) is 43.0 Å². The molecule has 0 unspecified atom stereocenters. The van der Waals surface area contributed by atoms with E-state index in [1.165, 1.54) is 44.1 Å². The minimum absolute atomic E-state index is 0.0939. The third-order valence-electron chi connectivity index (χ3n) is 9.66. The molecule has 0 saturated heterocycles. The predicted molar refractivity (Wildman–Crippen MR) is 209 cm³/mol. The monoisotopic (exact) mass is 697 g/mol. The van der Waals surface area contributed by atoms with Gasteiger partial charge in [0.2, 0.25) is 0 Å². The van der Waals surface area contributed by atoms with Crippen LogP contribution in [0.15, 0.2) is 150 Å². The molecule has 1 aliphatic carbocycles. The maximum Gasteiger partial charge on any atom is 0.160 e. The van der Waals surface area contributed by atoms with Crippen molar-refractivity contribution in [2.45, 2.75) is 33.1 Å². The zero-order valence-electron chi connectivity index (χ0n) is 28.1. The summed E-state index contributed by atoms with van der Waals surface area (Å²) in [4.78, 5) is 10.2. The zero-order chi connectivity index (χ0) is 33.7. The fourth-order valence-electron chi connectivity index (χ4n) is 7.34. The number of nitrogens with zero attached hydrogens (tertiary/aromatic N) is 3.